The van der Waals surface area contributed by atoms with Crippen molar-refractivity contribution in [2.45, 2.75) is 63.6 Å². The molecule has 1 N–H and O–H groups in total. The van der Waals surface area contributed by atoms with Crippen LogP contribution in [0.2, 0.25) is 0 Å². The van der Waals surface area contributed by atoms with Gasteiger partial charge in [-0.3, -0.25) is 4.90 Å². The van der Waals surface area contributed by atoms with Crippen molar-refractivity contribution in [3.05, 3.63) is 30.1 Å². The average molecular weight is 427 g/mol. The highest BCUT2D eigenvalue weighted by Gasteiger charge is 2.54. The van der Waals surface area contributed by atoms with E-state index in [-0.39, 0.29) is 22.9 Å². The minimum Gasteiger partial charge on any atom is -0.507 e. The number of rotatable bonds is 4. The third-order valence-corrected chi connectivity index (χ3v) is 7.73. The summed E-state index contributed by atoms with van der Waals surface area (Å²) in [5, 5.41) is 28.7. The summed E-state index contributed by atoms with van der Waals surface area (Å²) in [5.41, 5.74) is 2.48. The van der Waals surface area contributed by atoms with Gasteiger partial charge in [0.1, 0.15) is 11.9 Å². The van der Waals surface area contributed by atoms with Crippen LogP contribution in [-0.4, -0.2) is 59.4 Å². The molecule has 0 spiro atoms. The van der Waals surface area contributed by atoms with Crippen LogP contribution in [0.25, 0.3) is 16.3 Å². The topological polar surface area (TPSA) is 89.2 Å². The van der Waals surface area contributed by atoms with Crippen molar-refractivity contribution in [3.8, 4) is 27.2 Å². The molecule has 0 amide bonds. The first-order valence-electron chi connectivity index (χ1n) is 10.2. The first kappa shape index (κ1) is 19.4. The Morgan fingerprint density at radius 1 is 1.17 bits per heavy atom. The van der Waals surface area contributed by atoms with Gasteiger partial charge in [0.05, 0.1) is 23.1 Å². The van der Waals surface area contributed by atoms with Gasteiger partial charge in [-0.15, -0.1) is 5.10 Å². The number of aromatic nitrogens is 5. The van der Waals surface area contributed by atoms with Gasteiger partial charge in [0.15, 0.2) is 5.01 Å². The summed E-state index contributed by atoms with van der Waals surface area (Å²) in [7, 11) is 2.23. The van der Waals surface area contributed by atoms with E-state index in [1.165, 1.54) is 29.0 Å². The second-order valence-electron chi connectivity index (χ2n) is 9.05. The summed E-state index contributed by atoms with van der Waals surface area (Å²) < 4.78 is 6.27. The molecule has 0 aliphatic carbocycles. The molecule has 2 aromatic heterocycles. The fourth-order valence-corrected chi connectivity index (χ4v) is 5.73. The lowest BCUT2D eigenvalue weighted by Crippen LogP contribution is -2.57. The normalized spacial score (nSPS) is 28.7. The second-order valence-corrected chi connectivity index (χ2v) is 9.99. The van der Waals surface area contributed by atoms with Crippen molar-refractivity contribution in [3.63, 3.8) is 0 Å². The summed E-state index contributed by atoms with van der Waals surface area (Å²) >= 11 is 1.36. The monoisotopic (exact) mass is 426 g/mol. The van der Waals surface area contributed by atoms with E-state index < -0.39 is 0 Å². The molecule has 2 aliphatic heterocycles. The molecule has 3 aromatic rings. The van der Waals surface area contributed by atoms with Gasteiger partial charge in [-0.05, 0) is 52.8 Å². The number of nitrogens with zero attached hydrogens (tertiary/aromatic N) is 6. The van der Waals surface area contributed by atoms with Crippen LogP contribution in [0.15, 0.2) is 24.4 Å². The molecule has 0 radical (unpaired) electrons. The van der Waals surface area contributed by atoms with Crippen LogP contribution in [-0.2, 0) is 0 Å². The van der Waals surface area contributed by atoms with E-state index in [9.17, 15) is 5.11 Å². The molecule has 2 saturated heterocycles. The summed E-state index contributed by atoms with van der Waals surface area (Å²) in [6.45, 7) is 6.53. The van der Waals surface area contributed by atoms with Gasteiger partial charge in [0, 0.05) is 30.0 Å². The molecule has 30 heavy (non-hydrogen) atoms. The molecule has 2 bridgehead atoms. The molecule has 8 nitrogen and oxygen atoms in total. The van der Waals surface area contributed by atoms with Crippen LogP contribution in [0, 0.1) is 6.92 Å². The zero-order valence-corrected chi connectivity index (χ0v) is 18.5. The van der Waals surface area contributed by atoms with Gasteiger partial charge in [0.2, 0.25) is 0 Å². The Morgan fingerprint density at radius 2 is 1.90 bits per heavy atom. The number of phenols is 1. The lowest BCUT2D eigenvalue weighted by Gasteiger charge is -2.48. The maximum Gasteiger partial charge on any atom is 0.294 e. The van der Waals surface area contributed by atoms with Gasteiger partial charge < -0.3 is 9.84 Å². The maximum atomic E-state index is 10.5. The van der Waals surface area contributed by atoms with Gasteiger partial charge >= 0.3 is 0 Å². The Bertz CT molecular complexity index is 1080. The minimum atomic E-state index is 0.113. The number of piperidine rings is 1. The summed E-state index contributed by atoms with van der Waals surface area (Å²) in [6, 6.07) is 5.30. The predicted molar refractivity (Wildman–Crippen MR) is 114 cm³/mol. The van der Waals surface area contributed by atoms with E-state index in [1.54, 1.807) is 12.3 Å². The number of aromatic hydroxyl groups is 1. The number of ether oxygens (including phenoxy) is 1. The lowest BCUT2D eigenvalue weighted by molar-refractivity contribution is -0.0252. The summed E-state index contributed by atoms with van der Waals surface area (Å²) in [4.78, 5) is 4.02. The van der Waals surface area contributed by atoms with E-state index in [0.717, 1.165) is 18.5 Å². The summed E-state index contributed by atoms with van der Waals surface area (Å²) in [6.07, 6.45) is 6.19. The fraction of sp³-hybridized carbons (Fsp3) is 0.524. The van der Waals surface area contributed by atoms with Crippen LogP contribution in [0.5, 0.6) is 10.9 Å². The van der Waals surface area contributed by atoms with Gasteiger partial charge in [-0.25, -0.2) is 0 Å². The van der Waals surface area contributed by atoms with E-state index in [0.29, 0.717) is 21.5 Å². The number of aryl methyl sites for hydroxylation is 1. The second kappa shape index (κ2) is 6.75. The van der Waals surface area contributed by atoms with Gasteiger partial charge in [-0.2, -0.15) is 15.0 Å². The molecule has 0 saturated carbocycles. The third-order valence-electron chi connectivity index (χ3n) is 6.88. The largest absolute Gasteiger partial charge is 0.507 e. The Morgan fingerprint density at radius 3 is 2.53 bits per heavy atom. The highest BCUT2D eigenvalue weighted by atomic mass is 32.1. The Labute approximate surface area is 179 Å². The Balaban J connectivity index is 1.34. The standard InChI is InChI=1S/C21H26N6O2S/c1-13-12-22-27(25-13)14-5-6-16(17(28)9-14)18-23-24-19(30-18)29-15-10-20(2)7-8-21(3,11-15)26(20)4/h5-6,9,12,15,28H,7-8,10-11H2,1-4H3/t15-,20-,21+. The van der Waals surface area contributed by atoms with Crippen molar-refractivity contribution in [2.75, 3.05) is 7.05 Å². The molecule has 5 rings (SSSR count). The molecule has 2 fully saturated rings. The lowest BCUT2D eigenvalue weighted by atomic mass is 9.84. The fourth-order valence-electron chi connectivity index (χ4n) is 4.94. The third kappa shape index (κ3) is 3.16. The maximum absolute atomic E-state index is 10.5. The zero-order valence-electron chi connectivity index (χ0n) is 17.7. The van der Waals surface area contributed by atoms with E-state index in [2.05, 4.69) is 46.2 Å². The number of benzene rings is 1. The van der Waals surface area contributed by atoms with Crippen molar-refractivity contribution in [1.82, 2.24) is 30.1 Å². The number of phenolic OH excluding ortho intramolecular Hbond substituents is 1. The molecular weight excluding hydrogens is 400 g/mol. The van der Waals surface area contributed by atoms with Crippen LogP contribution >= 0.6 is 11.3 Å². The Kier molecular flexibility index (Phi) is 4.37. The minimum absolute atomic E-state index is 0.113. The van der Waals surface area contributed by atoms with Crippen LogP contribution < -0.4 is 4.74 Å². The number of fused-ring (bicyclic) bond motifs is 2. The van der Waals surface area contributed by atoms with Crippen molar-refractivity contribution < 1.29 is 9.84 Å². The molecule has 9 heteroatoms. The van der Waals surface area contributed by atoms with Crippen LogP contribution in [0.1, 0.15) is 45.2 Å². The molecule has 4 heterocycles. The Hall–Kier alpha value is -2.52. The molecule has 0 unspecified atom stereocenters. The molecular formula is C21H26N6O2S. The first-order valence-corrected chi connectivity index (χ1v) is 11.0. The zero-order chi connectivity index (χ0) is 21.1. The predicted octanol–water partition coefficient (Wildman–Crippen LogP) is 3.58. The van der Waals surface area contributed by atoms with Crippen molar-refractivity contribution >= 4 is 11.3 Å². The SMILES string of the molecule is Cc1cnn(-c2ccc(-c3nnc(O[C@H]4C[C@]5(C)CC[C@](C)(C4)N5C)s3)c(O)c2)n1. The van der Waals surface area contributed by atoms with Crippen molar-refractivity contribution in [1.29, 1.82) is 0 Å². The summed E-state index contributed by atoms with van der Waals surface area (Å²) in [5.74, 6) is 0.113. The van der Waals surface area contributed by atoms with Crippen LogP contribution in [0.4, 0.5) is 0 Å². The smallest absolute Gasteiger partial charge is 0.294 e. The molecule has 158 valence electrons. The van der Waals surface area contributed by atoms with Crippen molar-refractivity contribution in [2.24, 2.45) is 0 Å². The van der Waals surface area contributed by atoms with E-state index >= 15 is 0 Å². The molecule has 1 aromatic carbocycles. The quantitative estimate of drug-likeness (QED) is 0.682. The highest BCUT2D eigenvalue weighted by molar-refractivity contribution is 7.16. The number of hydrogen-bond acceptors (Lipinski definition) is 8. The first-order chi connectivity index (χ1) is 14.3. The van der Waals surface area contributed by atoms with E-state index in [1.807, 2.05) is 19.1 Å². The van der Waals surface area contributed by atoms with Crippen LogP contribution in [0.3, 0.4) is 0 Å². The van der Waals surface area contributed by atoms with Gasteiger partial charge in [-0.1, -0.05) is 16.4 Å². The average Bonchev–Trinajstić information content (AvgIpc) is 3.36. The highest BCUT2D eigenvalue weighted by Crippen LogP contribution is 2.50. The molecule has 2 aliphatic rings. The van der Waals surface area contributed by atoms with E-state index in [4.69, 9.17) is 4.74 Å². The molecule has 3 atom stereocenters. The van der Waals surface area contributed by atoms with Gasteiger partial charge in [0.25, 0.3) is 5.19 Å². The number of hydrogen-bond donors (Lipinski definition) is 1.